The van der Waals surface area contributed by atoms with E-state index in [4.69, 9.17) is 4.74 Å². The molecule has 0 spiro atoms. The Labute approximate surface area is 177 Å². The number of nitrogens with zero attached hydrogens (tertiary/aromatic N) is 3. The van der Waals surface area contributed by atoms with Gasteiger partial charge in [-0.3, -0.25) is 4.90 Å². The molecule has 7 heteroatoms. The van der Waals surface area contributed by atoms with E-state index in [2.05, 4.69) is 51.7 Å². The summed E-state index contributed by atoms with van der Waals surface area (Å²) in [5.74, 6) is 0. The van der Waals surface area contributed by atoms with Crippen molar-refractivity contribution in [2.75, 3.05) is 39.4 Å². The van der Waals surface area contributed by atoms with Crippen molar-refractivity contribution in [1.82, 2.24) is 24.9 Å². The largest absolute Gasteiger partial charge is 0.379 e. The standard InChI is InChI=1S/C23H29N5O2/c1-18-5-7-19(8-6-18)21(17-27-12-14-30-15-13-27)26-23(29)24-10-9-20-16-28-11-3-2-4-22(28)25-20/h2-8,11,16,21H,9-10,12-15,17H2,1H3,(H2,24,26,29)/t21-/m0/s1. The van der Waals surface area contributed by atoms with Crippen LogP contribution in [0.4, 0.5) is 4.79 Å². The van der Waals surface area contributed by atoms with Gasteiger partial charge in [-0.1, -0.05) is 35.9 Å². The molecule has 2 aromatic heterocycles. The number of fused-ring (bicyclic) bond motifs is 1. The van der Waals surface area contributed by atoms with Crippen molar-refractivity contribution in [3.63, 3.8) is 0 Å². The molecule has 1 fully saturated rings. The average Bonchev–Trinajstić information content (AvgIpc) is 3.17. The maximum atomic E-state index is 12.6. The number of hydrogen-bond donors (Lipinski definition) is 2. The number of morpholine rings is 1. The van der Waals surface area contributed by atoms with Crippen LogP contribution in [0.5, 0.6) is 0 Å². The molecule has 2 amide bonds. The highest BCUT2D eigenvalue weighted by atomic mass is 16.5. The zero-order chi connectivity index (χ0) is 20.8. The molecule has 3 heterocycles. The normalized spacial score (nSPS) is 15.8. The van der Waals surface area contributed by atoms with Gasteiger partial charge in [0, 0.05) is 45.0 Å². The van der Waals surface area contributed by atoms with Gasteiger partial charge in [0.15, 0.2) is 0 Å². The second-order valence-corrected chi connectivity index (χ2v) is 7.72. The number of pyridine rings is 1. The molecule has 30 heavy (non-hydrogen) atoms. The summed E-state index contributed by atoms with van der Waals surface area (Å²) in [4.78, 5) is 19.5. The molecule has 3 aromatic rings. The lowest BCUT2D eigenvalue weighted by Crippen LogP contribution is -2.45. The maximum absolute atomic E-state index is 12.6. The summed E-state index contributed by atoms with van der Waals surface area (Å²) >= 11 is 0. The number of hydrogen-bond acceptors (Lipinski definition) is 4. The summed E-state index contributed by atoms with van der Waals surface area (Å²) in [6.07, 6.45) is 4.67. The number of aromatic nitrogens is 2. The van der Waals surface area contributed by atoms with Crippen LogP contribution in [-0.4, -0.2) is 59.7 Å². The summed E-state index contributed by atoms with van der Waals surface area (Å²) in [6, 6.07) is 14.1. The number of carbonyl (C=O) groups excluding carboxylic acids is 1. The first kappa shape index (κ1) is 20.4. The molecule has 1 aliphatic heterocycles. The maximum Gasteiger partial charge on any atom is 0.315 e. The van der Waals surface area contributed by atoms with E-state index >= 15 is 0 Å². The van der Waals surface area contributed by atoms with E-state index in [1.54, 1.807) is 0 Å². The number of amides is 2. The minimum atomic E-state index is -0.155. The first-order valence-corrected chi connectivity index (χ1v) is 10.5. The van der Waals surface area contributed by atoms with Gasteiger partial charge in [-0.2, -0.15) is 0 Å². The molecule has 4 rings (SSSR count). The van der Waals surface area contributed by atoms with Crippen LogP contribution in [0, 0.1) is 6.92 Å². The van der Waals surface area contributed by atoms with Crippen LogP contribution < -0.4 is 10.6 Å². The number of benzene rings is 1. The quantitative estimate of drug-likeness (QED) is 0.632. The van der Waals surface area contributed by atoms with Crippen LogP contribution in [0.15, 0.2) is 54.9 Å². The Hall–Kier alpha value is -2.90. The van der Waals surface area contributed by atoms with Crippen LogP contribution >= 0.6 is 0 Å². The molecule has 0 radical (unpaired) electrons. The zero-order valence-electron chi connectivity index (χ0n) is 17.4. The van der Waals surface area contributed by atoms with E-state index in [0.29, 0.717) is 13.0 Å². The highest BCUT2D eigenvalue weighted by Gasteiger charge is 2.20. The predicted octanol–water partition coefficient (Wildman–Crippen LogP) is 2.56. The van der Waals surface area contributed by atoms with Gasteiger partial charge >= 0.3 is 6.03 Å². The van der Waals surface area contributed by atoms with Crippen LogP contribution in [0.1, 0.15) is 22.9 Å². The van der Waals surface area contributed by atoms with E-state index in [1.807, 2.05) is 35.0 Å². The number of rotatable bonds is 7. The number of carbonyl (C=O) groups is 1. The van der Waals surface area contributed by atoms with Gasteiger partial charge < -0.3 is 19.8 Å². The predicted molar refractivity (Wildman–Crippen MR) is 117 cm³/mol. The van der Waals surface area contributed by atoms with Gasteiger partial charge in [-0.25, -0.2) is 9.78 Å². The van der Waals surface area contributed by atoms with Gasteiger partial charge in [0.05, 0.1) is 24.9 Å². The Morgan fingerprint density at radius 3 is 2.73 bits per heavy atom. The molecule has 1 atom stereocenters. The van der Waals surface area contributed by atoms with E-state index < -0.39 is 0 Å². The Kier molecular flexibility index (Phi) is 6.61. The van der Waals surface area contributed by atoms with Crippen molar-refractivity contribution in [3.05, 3.63) is 71.7 Å². The van der Waals surface area contributed by atoms with Crippen LogP contribution in [0.25, 0.3) is 5.65 Å². The molecule has 158 valence electrons. The van der Waals surface area contributed by atoms with Crippen molar-refractivity contribution in [2.45, 2.75) is 19.4 Å². The second-order valence-electron chi connectivity index (χ2n) is 7.72. The fourth-order valence-electron chi connectivity index (χ4n) is 3.70. The molecule has 0 saturated carbocycles. The topological polar surface area (TPSA) is 70.9 Å². The molecule has 0 bridgehead atoms. The highest BCUT2D eigenvalue weighted by molar-refractivity contribution is 5.74. The Morgan fingerprint density at radius 1 is 1.17 bits per heavy atom. The third kappa shape index (κ3) is 5.37. The minimum absolute atomic E-state index is 0.0705. The number of ether oxygens (including phenoxy) is 1. The van der Waals surface area contributed by atoms with Crippen molar-refractivity contribution in [2.24, 2.45) is 0 Å². The first-order valence-electron chi connectivity index (χ1n) is 10.5. The van der Waals surface area contributed by atoms with Gasteiger partial charge in [-0.15, -0.1) is 0 Å². The summed E-state index contributed by atoms with van der Waals surface area (Å²) in [5, 5.41) is 6.14. The number of aryl methyl sites for hydroxylation is 1. The number of nitrogens with one attached hydrogen (secondary N) is 2. The summed E-state index contributed by atoms with van der Waals surface area (Å²) in [6.45, 7) is 6.64. The van der Waals surface area contributed by atoms with Crippen molar-refractivity contribution < 1.29 is 9.53 Å². The summed E-state index contributed by atoms with van der Waals surface area (Å²) < 4.78 is 7.44. The monoisotopic (exact) mass is 407 g/mol. The smallest absolute Gasteiger partial charge is 0.315 e. The average molecular weight is 408 g/mol. The lowest BCUT2D eigenvalue weighted by atomic mass is 10.0. The van der Waals surface area contributed by atoms with E-state index in [1.165, 1.54) is 5.56 Å². The van der Waals surface area contributed by atoms with Crippen LogP contribution in [0.2, 0.25) is 0 Å². The third-order valence-electron chi connectivity index (χ3n) is 5.41. The van der Waals surface area contributed by atoms with Crippen molar-refractivity contribution >= 4 is 11.7 Å². The summed E-state index contributed by atoms with van der Waals surface area (Å²) in [5.41, 5.74) is 4.20. The number of imidazole rings is 1. The van der Waals surface area contributed by atoms with Gasteiger partial charge in [0.25, 0.3) is 0 Å². The van der Waals surface area contributed by atoms with Crippen molar-refractivity contribution in [1.29, 1.82) is 0 Å². The fourth-order valence-corrected chi connectivity index (χ4v) is 3.70. The Balaban J connectivity index is 1.33. The first-order chi connectivity index (χ1) is 14.7. The number of urea groups is 1. The van der Waals surface area contributed by atoms with Gasteiger partial charge in [-0.05, 0) is 24.6 Å². The molecular formula is C23H29N5O2. The highest BCUT2D eigenvalue weighted by Crippen LogP contribution is 2.16. The van der Waals surface area contributed by atoms with E-state index in [9.17, 15) is 4.79 Å². The van der Waals surface area contributed by atoms with Crippen molar-refractivity contribution in [3.8, 4) is 0 Å². The van der Waals surface area contributed by atoms with E-state index in [-0.39, 0.29) is 12.1 Å². The Morgan fingerprint density at radius 2 is 1.97 bits per heavy atom. The lowest BCUT2D eigenvalue weighted by Gasteiger charge is -2.31. The molecule has 7 nitrogen and oxygen atoms in total. The second kappa shape index (κ2) is 9.73. The van der Waals surface area contributed by atoms with Crippen LogP contribution in [-0.2, 0) is 11.2 Å². The van der Waals surface area contributed by atoms with Gasteiger partial charge in [0.2, 0.25) is 0 Å². The zero-order valence-corrected chi connectivity index (χ0v) is 17.4. The molecule has 1 aliphatic rings. The molecule has 1 saturated heterocycles. The third-order valence-corrected chi connectivity index (χ3v) is 5.41. The van der Waals surface area contributed by atoms with Gasteiger partial charge in [0.1, 0.15) is 5.65 Å². The molecule has 0 aliphatic carbocycles. The summed E-state index contributed by atoms with van der Waals surface area (Å²) in [7, 11) is 0. The molecule has 2 N–H and O–H groups in total. The van der Waals surface area contributed by atoms with E-state index in [0.717, 1.165) is 49.8 Å². The molecule has 1 aromatic carbocycles. The fraction of sp³-hybridized carbons (Fsp3) is 0.391. The Bertz CT molecular complexity index is 930. The molecular weight excluding hydrogens is 378 g/mol. The SMILES string of the molecule is Cc1ccc([C@H](CN2CCOCC2)NC(=O)NCCc2cn3ccccc3n2)cc1. The minimum Gasteiger partial charge on any atom is -0.379 e. The lowest BCUT2D eigenvalue weighted by molar-refractivity contribution is 0.0340. The van der Waals surface area contributed by atoms with Crippen LogP contribution in [0.3, 0.4) is 0 Å². The molecule has 0 unspecified atom stereocenters.